The predicted octanol–water partition coefficient (Wildman–Crippen LogP) is 3.63. The fourth-order valence-electron chi connectivity index (χ4n) is 3.00. The molecule has 3 atom stereocenters. The van der Waals surface area contributed by atoms with E-state index in [0.29, 0.717) is 5.92 Å². The van der Waals surface area contributed by atoms with E-state index in [1.165, 1.54) is 41.3 Å². The molecule has 1 fully saturated rings. The van der Waals surface area contributed by atoms with E-state index in [9.17, 15) is 0 Å². The minimum atomic E-state index is 0.496. The molecular weight excluding hydrogens is 228 g/mol. The molecule has 1 saturated carbocycles. The van der Waals surface area contributed by atoms with Gasteiger partial charge >= 0.3 is 0 Å². The van der Waals surface area contributed by atoms with Crippen LogP contribution in [0.3, 0.4) is 0 Å². The van der Waals surface area contributed by atoms with Gasteiger partial charge in [-0.15, -0.1) is 11.3 Å². The van der Waals surface area contributed by atoms with Gasteiger partial charge in [0.05, 0.1) is 10.7 Å². The van der Waals surface area contributed by atoms with Gasteiger partial charge in [-0.1, -0.05) is 19.8 Å². The number of nitrogens with zero attached hydrogens (tertiary/aromatic N) is 1. The summed E-state index contributed by atoms with van der Waals surface area (Å²) in [5, 5.41) is 1.28. The van der Waals surface area contributed by atoms with Crippen molar-refractivity contribution in [3.8, 4) is 0 Å². The van der Waals surface area contributed by atoms with Crippen LogP contribution in [0.15, 0.2) is 0 Å². The average molecular weight is 252 g/mol. The van der Waals surface area contributed by atoms with Crippen LogP contribution in [0, 0.1) is 25.7 Å². The molecule has 1 aromatic heterocycles. The van der Waals surface area contributed by atoms with Crippen molar-refractivity contribution in [2.24, 2.45) is 17.6 Å². The Morgan fingerprint density at radius 2 is 2.18 bits per heavy atom. The lowest BCUT2D eigenvalue weighted by Crippen LogP contribution is -2.26. The Kier molecular flexibility index (Phi) is 4.21. The highest BCUT2D eigenvalue weighted by atomic mass is 32.1. The molecule has 2 rings (SSSR count). The van der Waals surface area contributed by atoms with Gasteiger partial charge in [0.2, 0.25) is 0 Å². The normalized spacial score (nSPS) is 27.1. The van der Waals surface area contributed by atoms with Gasteiger partial charge in [-0.25, -0.2) is 4.98 Å². The van der Waals surface area contributed by atoms with E-state index >= 15 is 0 Å². The second kappa shape index (κ2) is 5.49. The third kappa shape index (κ3) is 2.89. The van der Waals surface area contributed by atoms with E-state index in [4.69, 9.17) is 10.7 Å². The van der Waals surface area contributed by atoms with E-state index in [1.807, 2.05) is 11.3 Å². The molecule has 2 N–H and O–H groups in total. The molecule has 0 spiro atoms. The van der Waals surface area contributed by atoms with Crippen molar-refractivity contribution in [1.82, 2.24) is 4.98 Å². The standard InChI is InChI=1S/C14H24N2S/c1-9-5-4-6-12(7-9)13(8-15)14-16-10(2)11(3)17-14/h9,12-13H,4-8,15H2,1-3H3. The van der Waals surface area contributed by atoms with Crippen molar-refractivity contribution >= 4 is 11.3 Å². The molecule has 17 heavy (non-hydrogen) atoms. The first-order valence-electron chi connectivity index (χ1n) is 6.75. The van der Waals surface area contributed by atoms with Gasteiger partial charge in [-0.3, -0.25) is 0 Å². The SMILES string of the molecule is Cc1nc(C(CN)C2CCCC(C)C2)sc1C. The van der Waals surface area contributed by atoms with Crippen molar-refractivity contribution in [1.29, 1.82) is 0 Å². The molecule has 96 valence electrons. The lowest BCUT2D eigenvalue weighted by molar-refractivity contribution is 0.247. The van der Waals surface area contributed by atoms with Crippen LogP contribution in [0.25, 0.3) is 0 Å². The van der Waals surface area contributed by atoms with E-state index in [1.54, 1.807) is 0 Å². The fourth-order valence-corrected chi connectivity index (χ4v) is 4.13. The van der Waals surface area contributed by atoms with Gasteiger partial charge in [0.15, 0.2) is 0 Å². The van der Waals surface area contributed by atoms with Crippen LogP contribution in [0.4, 0.5) is 0 Å². The van der Waals surface area contributed by atoms with Crippen molar-refractivity contribution < 1.29 is 0 Å². The Balaban J connectivity index is 2.15. The quantitative estimate of drug-likeness (QED) is 0.892. The summed E-state index contributed by atoms with van der Waals surface area (Å²) in [5.74, 6) is 2.12. The number of nitrogens with two attached hydrogens (primary N) is 1. The van der Waals surface area contributed by atoms with Gasteiger partial charge in [-0.2, -0.15) is 0 Å². The predicted molar refractivity (Wildman–Crippen MR) is 74.5 cm³/mol. The number of hydrogen-bond acceptors (Lipinski definition) is 3. The first-order chi connectivity index (χ1) is 8.11. The average Bonchev–Trinajstić information content (AvgIpc) is 2.60. The van der Waals surface area contributed by atoms with E-state index < -0.39 is 0 Å². The summed E-state index contributed by atoms with van der Waals surface area (Å²) in [5.41, 5.74) is 7.19. The molecule has 3 heteroatoms. The topological polar surface area (TPSA) is 38.9 Å². The third-order valence-corrected chi connectivity index (χ3v) is 5.37. The number of thiazole rings is 1. The molecule has 1 aromatic rings. The highest BCUT2D eigenvalue weighted by Gasteiger charge is 2.29. The second-order valence-corrected chi connectivity index (χ2v) is 6.80. The van der Waals surface area contributed by atoms with Crippen LogP contribution in [0.5, 0.6) is 0 Å². The Hall–Kier alpha value is -0.410. The Morgan fingerprint density at radius 3 is 2.71 bits per heavy atom. The van der Waals surface area contributed by atoms with Gasteiger partial charge < -0.3 is 5.73 Å². The molecule has 0 aromatic carbocycles. The molecule has 0 amide bonds. The number of aryl methyl sites for hydroxylation is 2. The number of rotatable bonds is 3. The monoisotopic (exact) mass is 252 g/mol. The summed E-state index contributed by atoms with van der Waals surface area (Å²) >= 11 is 1.85. The fraction of sp³-hybridized carbons (Fsp3) is 0.786. The van der Waals surface area contributed by atoms with E-state index in [2.05, 4.69) is 20.8 Å². The smallest absolute Gasteiger partial charge is 0.0977 e. The highest BCUT2D eigenvalue weighted by molar-refractivity contribution is 7.11. The number of aromatic nitrogens is 1. The maximum atomic E-state index is 6.01. The molecule has 0 radical (unpaired) electrons. The van der Waals surface area contributed by atoms with Crippen LogP contribution >= 0.6 is 11.3 Å². The molecule has 0 aliphatic heterocycles. The zero-order valence-corrected chi connectivity index (χ0v) is 12.0. The molecule has 0 bridgehead atoms. The Morgan fingerprint density at radius 1 is 1.41 bits per heavy atom. The van der Waals surface area contributed by atoms with E-state index in [-0.39, 0.29) is 0 Å². The molecule has 1 aliphatic rings. The van der Waals surface area contributed by atoms with E-state index in [0.717, 1.165) is 18.4 Å². The summed E-state index contributed by atoms with van der Waals surface area (Å²) in [6, 6.07) is 0. The van der Waals surface area contributed by atoms with Crippen LogP contribution < -0.4 is 5.73 Å². The maximum absolute atomic E-state index is 6.01. The number of hydrogen-bond donors (Lipinski definition) is 1. The highest BCUT2D eigenvalue weighted by Crippen LogP contribution is 2.39. The van der Waals surface area contributed by atoms with Crippen LogP contribution in [-0.2, 0) is 0 Å². The van der Waals surface area contributed by atoms with Gasteiger partial charge in [0.25, 0.3) is 0 Å². The second-order valence-electron chi connectivity index (χ2n) is 5.57. The first-order valence-corrected chi connectivity index (χ1v) is 7.57. The van der Waals surface area contributed by atoms with Crippen molar-refractivity contribution in [3.63, 3.8) is 0 Å². The zero-order chi connectivity index (χ0) is 12.4. The van der Waals surface area contributed by atoms with Gasteiger partial charge in [-0.05, 0) is 38.5 Å². The van der Waals surface area contributed by atoms with Crippen molar-refractivity contribution in [3.05, 3.63) is 15.6 Å². The molecule has 3 unspecified atom stereocenters. The minimum Gasteiger partial charge on any atom is -0.330 e. The molecule has 1 heterocycles. The Bertz CT molecular complexity index is 353. The summed E-state index contributed by atoms with van der Waals surface area (Å²) in [7, 11) is 0. The summed E-state index contributed by atoms with van der Waals surface area (Å²) in [6.45, 7) is 7.39. The van der Waals surface area contributed by atoms with Crippen molar-refractivity contribution in [2.75, 3.05) is 6.54 Å². The maximum Gasteiger partial charge on any atom is 0.0977 e. The van der Waals surface area contributed by atoms with Crippen molar-refractivity contribution in [2.45, 2.75) is 52.4 Å². The lowest BCUT2D eigenvalue weighted by atomic mass is 9.76. The third-order valence-electron chi connectivity index (χ3n) is 4.16. The van der Waals surface area contributed by atoms with Crippen LogP contribution in [-0.4, -0.2) is 11.5 Å². The Labute approximate surface area is 109 Å². The summed E-state index contributed by atoms with van der Waals surface area (Å²) < 4.78 is 0. The largest absolute Gasteiger partial charge is 0.330 e. The summed E-state index contributed by atoms with van der Waals surface area (Å²) in [4.78, 5) is 6.07. The van der Waals surface area contributed by atoms with Gasteiger partial charge in [0, 0.05) is 17.3 Å². The zero-order valence-electron chi connectivity index (χ0n) is 11.2. The van der Waals surface area contributed by atoms with Gasteiger partial charge in [0.1, 0.15) is 0 Å². The molecule has 0 saturated heterocycles. The lowest BCUT2D eigenvalue weighted by Gasteiger charge is -2.31. The summed E-state index contributed by atoms with van der Waals surface area (Å²) in [6.07, 6.45) is 5.43. The first kappa shape index (κ1) is 13.0. The minimum absolute atomic E-state index is 0.496. The van der Waals surface area contributed by atoms with Crippen LogP contribution in [0.2, 0.25) is 0 Å². The molecule has 1 aliphatic carbocycles. The molecular formula is C14H24N2S. The molecule has 2 nitrogen and oxygen atoms in total. The van der Waals surface area contributed by atoms with Crippen LogP contribution in [0.1, 0.15) is 54.1 Å².